The molecule has 0 spiro atoms. The van der Waals surface area contributed by atoms with E-state index in [4.69, 9.17) is 21.1 Å². The predicted octanol–water partition coefficient (Wildman–Crippen LogP) is 4.67. The van der Waals surface area contributed by atoms with Gasteiger partial charge in [-0.3, -0.25) is 9.59 Å². The van der Waals surface area contributed by atoms with Crippen LogP contribution in [0.25, 0.3) is 0 Å². The number of rotatable bonds is 7. The van der Waals surface area contributed by atoms with Crippen molar-refractivity contribution in [1.82, 2.24) is 0 Å². The Balaban J connectivity index is 1.69. The van der Waals surface area contributed by atoms with Crippen LogP contribution < -0.4 is 14.4 Å². The summed E-state index contributed by atoms with van der Waals surface area (Å²) in [5, 5.41) is 11.9. The number of hydrogen-bond donors (Lipinski definition) is 1. The fourth-order valence-electron chi connectivity index (χ4n) is 4.07. The summed E-state index contributed by atoms with van der Waals surface area (Å²) in [6, 6.07) is 17.4. The standard InChI is InChI=1S/C26H24ClNO5/c1-16-4-6-17(7-5-16)15-28-21-10-9-19(27)13-20(21)26(31,25(28)30)14-22(29)18-8-11-23(32-2)24(12-18)33-3/h4-13,31H,14-15H2,1-3H3/t26-/m0/s1. The number of anilines is 1. The molecule has 1 amide bonds. The number of amides is 1. The maximum absolute atomic E-state index is 13.5. The molecule has 0 aliphatic carbocycles. The Kier molecular flexibility index (Phi) is 6.15. The fourth-order valence-corrected chi connectivity index (χ4v) is 4.24. The van der Waals surface area contributed by atoms with Gasteiger partial charge in [-0.2, -0.15) is 0 Å². The van der Waals surface area contributed by atoms with Crippen LogP contribution in [0.1, 0.15) is 33.5 Å². The third-order valence-corrected chi connectivity index (χ3v) is 6.11. The minimum atomic E-state index is -2.03. The summed E-state index contributed by atoms with van der Waals surface area (Å²) in [7, 11) is 2.98. The van der Waals surface area contributed by atoms with Crippen molar-refractivity contribution in [2.24, 2.45) is 0 Å². The lowest BCUT2D eigenvalue weighted by Gasteiger charge is -2.23. The van der Waals surface area contributed by atoms with E-state index in [1.807, 2.05) is 31.2 Å². The van der Waals surface area contributed by atoms with E-state index < -0.39 is 23.7 Å². The zero-order valence-corrected chi connectivity index (χ0v) is 19.3. The molecule has 0 bridgehead atoms. The van der Waals surface area contributed by atoms with E-state index in [0.29, 0.717) is 33.3 Å². The number of aliphatic hydroxyl groups is 1. The van der Waals surface area contributed by atoms with Crippen LogP contribution in [0.4, 0.5) is 5.69 Å². The van der Waals surface area contributed by atoms with Crippen molar-refractivity contribution in [3.8, 4) is 11.5 Å². The van der Waals surface area contributed by atoms with Crippen molar-refractivity contribution in [3.63, 3.8) is 0 Å². The second-order valence-corrected chi connectivity index (χ2v) is 8.50. The Morgan fingerprint density at radius 1 is 1.00 bits per heavy atom. The number of carbonyl (C=O) groups excluding carboxylic acids is 2. The summed E-state index contributed by atoms with van der Waals surface area (Å²) in [6.45, 7) is 2.25. The van der Waals surface area contributed by atoms with Crippen LogP contribution in [0, 0.1) is 6.92 Å². The van der Waals surface area contributed by atoms with Crippen molar-refractivity contribution in [1.29, 1.82) is 0 Å². The molecule has 0 saturated heterocycles. The molecule has 7 heteroatoms. The zero-order chi connectivity index (χ0) is 23.8. The first-order chi connectivity index (χ1) is 15.8. The number of nitrogens with zero attached hydrogens (tertiary/aromatic N) is 1. The number of aryl methyl sites for hydroxylation is 1. The van der Waals surface area contributed by atoms with Crippen molar-refractivity contribution in [2.75, 3.05) is 19.1 Å². The number of hydrogen-bond acceptors (Lipinski definition) is 5. The number of Topliss-reactive ketones (excluding diaryl/α,β-unsaturated/α-hetero) is 1. The van der Waals surface area contributed by atoms with E-state index in [2.05, 4.69) is 0 Å². The molecule has 1 atom stereocenters. The largest absolute Gasteiger partial charge is 0.493 e. The molecule has 6 nitrogen and oxygen atoms in total. The number of fused-ring (bicyclic) bond motifs is 1. The number of methoxy groups -OCH3 is 2. The maximum Gasteiger partial charge on any atom is 0.264 e. The smallest absolute Gasteiger partial charge is 0.264 e. The monoisotopic (exact) mass is 465 g/mol. The summed E-state index contributed by atoms with van der Waals surface area (Å²) in [5.74, 6) is -0.104. The van der Waals surface area contributed by atoms with E-state index in [-0.39, 0.29) is 6.54 Å². The lowest BCUT2D eigenvalue weighted by molar-refractivity contribution is -0.136. The maximum atomic E-state index is 13.5. The highest BCUT2D eigenvalue weighted by Gasteiger charge is 2.51. The summed E-state index contributed by atoms with van der Waals surface area (Å²) >= 11 is 6.19. The van der Waals surface area contributed by atoms with Gasteiger partial charge in [-0.05, 0) is 48.9 Å². The second-order valence-electron chi connectivity index (χ2n) is 8.07. The summed E-state index contributed by atoms with van der Waals surface area (Å²) in [6.07, 6.45) is -0.431. The van der Waals surface area contributed by atoms with E-state index in [1.54, 1.807) is 30.3 Å². The summed E-state index contributed by atoms with van der Waals surface area (Å²) in [4.78, 5) is 28.1. The van der Waals surface area contributed by atoms with Crippen LogP contribution in [0.2, 0.25) is 5.02 Å². The third kappa shape index (κ3) is 4.19. The normalized spacial score (nSPS) is 17.1. The third-order valence-electron chi connectivity index (χ3n) is 5.88. The van der Waals surface area contributed by atoms with E-state index in [0.717, 1.165) is 11.1 Å². The van der Waals surface area contributed by atoms with Gasteiger partial charge in [0, 0.05) is 16.1 Å². The molecule has 0 aromatic heterocycles. The van der Waals surface area contributed by atoms with Crippen molar-refractivity contribution >= 4 is 29.0 Å². The van der Waals surface area contributed by atoms with Crippen LogP contribution in [0.3, 0.4) is 0 Å². The molecule has 1 aliphatic heterocycles. The first-order valence-corrected chi connectivity index (χ1v) is 10.8. The number of ketones is 1. The van der Waals surface area contributed by atoms with Crippen molar-refractivity contribution in [3.05, 3.63) is 87.9 Å². The van der Waals surface area contributed by atoms with Gasteiger partial charge in [0.15, 0.2) is 22.9 Å². The molecule has 1 heterocycles. The van der Waals surface area contributed by atoms with E-state index >= 15 is 0 Å². The van der Waals surface area contributed by atoms with Gasteiger partial charge in [-0.1, -0.05) is 41.4 Å². The molecule has 0 saturated carbocycles. The first-order valence-electron chi connectivity index (χ1n) is 10.4. The van der Waals surface area contributed by atoms with Gasteiger partial charge in [-0.25, -0.2) is 0 Å². The molecule has 0 radical (unpaired) electrons. The molecule has 1 aliphatic rings. The van der Waals surface area contributed by atoms with Gasteiger partial charge >= 0.3 is 0 Å². The summed E-state index contributed by atoms with van der Waals surface area (Å²) < 4.78 is 10.5. The average molecular weight is 466 g/mol. The molecule has 0 unspecified atom stereocenters. The van der Waals surface area contributed by atoms with Gasteiger partial charge < -0.3 is 19.5 Å². The second kappa shape index (κ2) is 8.89. The highest BCUT2D eigenvalue weighted by Crippen LogP contribution is 2.45. The molecular weight excluding hydrogens is 442 g/mol. The molecule has 3 aromatic rings. The van der Waals surface area contributed by atoms with Crippen molar-refractivity contribution < 1.29 is 24.2 Å². The van der Waals surface area contributed by atoms with Gasteiger partial charge in [0.05, 0.1) is 32.9 Å². The highest BCUT2D eigenvalue weighted by molar-refractivity contribution is 6.31. The first kappa shape index (κ1) is 22.8. The van der Waals surface area contributed by atoms with E-state index in [1.165, 1.54) is 25.2 Å². The van der Waals surface area contributed by atoms with Crippen LogP contribution in [-0.4, -0.2) is 31.0 Å². The van der Waals surface area contributed by atoms with E-state index in [9.17, 15) is 14.7 Å². The average Bonchev–Trinajstić information content (AvgIpc) is 3.01. The summed E-state index contributed by atoms with van der Waals surface area (Å²) in [5.41, 5.74) is 1.14. The van der Waals surface area contributed by atoms with Gasteiger partial charge in [-0.15, -0.1) is 0 Å². The highest BCUT2D eigenvalue weighted by atomic mass is 35.5. The molecule has 4 rings (SSSR count). The molecule has 170 valence electrons. The van der Waals surface area contributed by atoms with Crippen LogP contribution in [0.5, 0.6) is 11.5 Å². The van der Waals surface area contributed by atoms with Crippen LogP contribution in [-0.2, 0) is 16.9 Å². The molecular formula is C26H24ClNO5. The van der Waals surface area contributed by atoms with Crippen LogP contribution >= 0.6 is 11.6 Å². The quantitative estimate of drug-likeness (QED) is 0.513. The Bertz CT molecular complexity index is 1220. The molecule has 0 fully saturated rings. The van der Waals surface area contributed by atoms with Gasteiger partial charge in [0.1, 0.15) is 0 Å². The Labute approximate surface area is 197 Å². The Hall–Kier alpha value is -3.35. The SMILES string of the molecule is COc1ccc(C(=O)C[C@@]2(O)C(=O)N(Cc3ccc(C)cc3)c3ccc(Cl)cc32)cc1OC. The fraction of sp³-hybridized carbons (Fsp3) is 0.231. The lowest BCUT2D eigenvalue weighted by Crippen LogP contribution is -2.41. The molecule has 33 heavy (non-hydrogen) atoms. The zero-order valence-electron chi connectivity index (χ0n) is 18.6. The van der Waals surface area contributed by atoms with Crippen molar-refractivity contribution in [2.45, 2.75) is 25.5 Å². The number of carbonyl (C=O) groups is 2. The number of halogens is 1. The number of ether oxygens (including phenoxy) is 2. The Morgan fingerprint density at radius 3 is 2.36 bits per heavy atom. The number of benzene rings is 3. The molecule has 3 aromatic carbocycles. The minimum Gasteiger partial charge on any atom is -0.493 e. The van der Waals surface area contributed by atoms with Crippen LogP contribution in [0.15, 0.2) is 60.7 Å². The lowest BCUT2D eigenvalue weighted by atomic mass is 9.88. The molecule has 1 N–H and O–H groups in total. The van der Waals surface area contributed by atoms with Gasteiger partial charge in [0.25, 0.3) is 5.91 Å². The topological polar surface area (TPSA) is 76.1 Å². The Morgan fingerprint density at radius 2 is 1.70 bits per heavy atom. The minimum absolute atomic E-state index is 0.264. The predicted molar refractivity (Wildman–Crippen MR) is 126 cm³/mol. The van der Waals surface area contributed by atoms with Gasteiger partial charge in [0.2, 0.25) is 0 Å².